The highest BCUT2D eigenvalue weighted by Gasteiger charge is 2.32. The average Bonchev–Trinajstić information content (AvgIpc) is 3.23. The van der Waals surface area contributed by atoms with E-state index in [0.717, 1.165) is 35.1 Å². The molecule has 31 heavy (non-hydrogen) atoms. The van der Waals surface area contributed by atoms with E-state index in [1.165, 1.54) is 0 Å². The van der Waals surface area contributed by atoms with Crippen LogP contribution in [-0.2, 0) is 20.7 Å². The number of para-hydroxylation sites is 1. The number of benzene rings is 3. The molecule has 0 bridgehead atoms. The lowest BCUT2D eigenvalue weighted by atomic mass is 9.98. The van der Waals surface area contributed by atoms with Gasteiger partial charge in [-0.25, -0.2) is 0 Å². The Hall–Kier alpha value is -3.03. The number of fused-ring (bicyclic) bond motifs is 1. The predicted octanol–water partition coefficient (Wildman–Crippen LogP) is 4.69. The number of methoxy groups -OCH3 is 2. The number of rotatable bonds is 6. The van der Waals surface area contributed by atoms with Crippen molar-refractivity contribution in [2.45, 2.75) is 24.3 Å². The van der Waals surface area contributed by atoms with Crippen LogP contribution in [0.15, 0.2) is 59.5 Å². The summed E-state index contributed by atoms with van der Waals surface area (Å²) in [5.74, 6) is 2.08. The molecule has 0 N–H and O–H groups in total. The first-order valence-corrected chi connectivity index (χ1v) is 11.2. The molecule has 1 atom stereocenters. The van der Waals surface area contributed by atoms with Crippen LogP contribution in [0.3, 0.4) is 0 Å². The van der Waals surface area contributed by atoms with Crippen molar-refractivity contribution in [1.82, 2.24) is 0 Å². The Morgan fingerprint density at radius 2 is 1.74 bits per heavy atom. The maximum atomic E-state index is 12.5. The molecule has 0 fully saturated rings. The predicted molar refractivity (Wildman–Crippen MR) is 117 cm³/mol. The molecule has 0 spiro atoms. The van der Waals surface area contributed by atoms with E-state index in [2.05, 4.69) is 0 Å². The second-order valence-electron chi connectivity index (χ2n) is 7.33. The van der Waals surface area contributed by atoms with Gasteiger partial charge in [0.1, 0.15) is 28.2 Å². The Labute approximate surface area is 182 Å². The van der Waals surface area contributed by atoms with Gasteiger partial charge in [-0.15, -0.1) is 0 Å². The summed E-state index contributed by atoms with van der Waals surface area (Å²) in [6.07, 6.45) is 0.109. The van der Waals surface area contributed by atoms with E-state index in [-0.39, 0.29) is 4.90 Å². The van der Waals surface area contributed by atoms with E-state index in [9.17, 15) is 8.42 Å². The molecule has 3 aromatic carbocycles. The summed E-state index contributed by atoms with van der Waals surface area (Å²) >= 11 is 0. The van der Waals surface area contributed by atoms with Gasteiger partial charge in [-0.1, -0.05) is 35.9 Å². The molecule has 6 nitrogen and oxygen atoms in total. The Balaban J connectivity index is 1.79. The van der Waals surface area contributed by atoms with Crippen LogP contribution >= 0.6 is 0 Å². The molecule has 1 aliphatic heterocycles. The fraction of sp³-hybridized carbons (Fsp3) is 0.250. The van der Waals surface area contributed by atoms with Crippen LogP contribution in [0.5, 0.6) is 17.2 Å². The molecule has 1 heterocycles. The smallest absolute Gasteiger partial charge is 0.297 e. The van der Waals surface area contributed by atoms with Crippen molar-refractivity contribution in [3.8, 4) is 28.4 Å². The van der Waals surface area contributed by atoms with Crippen LogP contribution in [0.2, 0.25) is 0 Å². The zero-order valence-electron chi connectivity index (χ0n) is 17.8. The van der Waals surface area contributed by atoms with Crippen LogP contribution in [0.4, 0.5) is 0 Å². The van der Waals surface area contributed by atoms with Gasteiger partial charge in [0.15, 0.2) is 0 Å². The van der Waals surface area contributed by atoms with Crippen LogP contribution in [0.25, 0.3) is 11.1 Å². The minimum atomic E-state index is -3.86. The molecular formula is C24H24O6S. The van der Waals surface area contributed by atoms with Crippen molar-refractivity contribution in [3.05, 3.63) is 71.3 Å². The van der Waals surface area contributed by atoms with E-state index in [1.807, 2.05) is 49.4 Å². The molecule has 1 unspecified atom stereocenters. The average molecular weight is 441 g/mol. The van der Waals surface area contributed by atoms with Gasteiger partial charge >= 0.3 is 0 Å². The van der Waals surface area contributed by atoms with Crippen molar-refractivity contribution in [2.75, 3.05) is 21.3 Å². The lowest BCUT2D eigenvalue weighted by Gasteiger charge is -2.17. The van der Waals surface area contributed by atoms with Gasteiger partial charge in [0.05, 0.1) is 21.3 Å². The highest BCUT2D eigenvalue weighted by molar-refractivity contribution is 7.86. The highest BCUT2D eigenvalue weighted by atomic mass is 32.2. The van der Waals surface area contributed by atoms with Crippen molar-refractivity contribution < 1.29 is 26.8 Å². The summed E-state index contributed by atoms with van der Waals surface area (Å²) in [6, 6.07) is 16.7. The number of ether oxygens (including phenoxy) is 3. The maximum absolute atomic E-state index is 12.5. The Kier molecular flexibility index (Phi) is 5.64. The van der Waals surface area contributed by atoms with Crippen LogP contribution < -0.4 is 14.2 Å². The monoisotopic (exact) mass is 440 g/mol. The maximum Gasteiger partial charge on any atom is 0.297 e. The number of hydrogen-bond donors (Lipinski definition) is 0. The Morgan fingerprint density at radius 3 is 2.45 bits per heavy atom. The van der Waals surface area contributed by atoms with Gasteiger partial charge in [-0.3, -0.25) is 4.18 Å². The molecule has 0 aliphatic carbocycles. The summed E-state index contributed by atoms with van der Waals surface area (Å²) < 4.78 is 47.0. The first kappa shape index (κ1) is 21.2. The second kappa shape index (κ2) is 8.24. The third kappa shape index (κ3) is 3.86. The van der Waals surface area contributed by atoms with Crippen molar-refractivity contribution in [2.24, 2.45) is 0 Å². The molecule has 0 amide bonds. The largest absolute Gasteiger partial charge is 0.497 e. The van der Waals surface area contributed by atoms with Crippen molar-refractivity contribution in [3.63, 3.8) is 0 Å². The van der Waals surface area contributed by atoms with Crippen LogP contribution in [0.1, 0.15) is 22.8 Å². The molecule has 4 rings (SSSR count). The summed E-state index contributed by atoms with van der Waals surface area (Å²) in [7, 11) is 0.517. The van der Waals surface area contributed by atoms with Gasteiger partial charge in [-0.05, 0) is 30.7 Å². The zero-order chi connectivity index (χ0) is 22.2. The van der Waals surface area contributed by atoms with E-state index >= 15 is 0 Å². The minimum Gasteiger partial charge on any atom is -0.497 e. The van der Waals surface area contributed by atoms with E-state index in [0.29, 0.717) is 23.5 Å². The summed E-state index contributed by atoms with van der Waals surface area (Å²) in [4.78, 5) is 0.127. The standard InChI is InChI=1S/C24H24O6S/c1-15-8-11-23(31(25,26)29-4)20(12-15)22-13-16-6-5-7-19(24(16)30-22)18-10-9-17(27-2)14-21(18)28-3/h5-12,14,22H,13H2,1-4H3. The zero-order valence-corrected chi connectivity index (χ0v) is 18.7. The third-order valence-corrected chi connectivity index (χ3v) is 6.81. The van der Waals surface area contributed by atoms with Gasteiger partial charge in [0, 0.05) is 29.2 Å². The number of hydrogen-bond acceptors (Lipinski definition) is 6. The summed E-state index contributed by atoms with van der Waals surface area (Å²) in [6.45, 7) is 1.92. The van der Waals surface area contributed by atoms with Gasteiger partial charge in [-0.2, -0.15) is 8.42 Å². The molecule has 0 radical (unpaired) electrons. The first-order valence-electron chi connectivity index (χ1n) is 9.80. The highest BCUT2D eigenvalue weighted by Crippen LogP contribution is 2.47. The van der Waals surface area contributed by atoms with Crippen LogP contribution in [-0.4, -0.2) is 29.7 Å². The molecule has 0 aromatic heterocycles. The molecule has 0 saturated carbocycles. The Morgan fingerprint density at radius 1 is 0.935 bits per heavy atom. The Bertz CT molecular complexity index is 1230. The number of aryl methyl sites for hydroxylation is 1. The van der Waals surface area contributed by atoms with Crippen molar-refractivity contribution >= 4 is 10.1 Å². The van der Waals surface area contributed by atoms with E-state index in [4.69, 9.17) is 18.4 Å². The molecule has 7 heteroatoms. The van der Waals surface area contributed by atoms with Gasteiger partial charge in [0.2, 0.25) is 0 Å². The van der Waals surface area contributed by atoms with Crippen LogP contribution in [0, 0.1) is 6.92 Å². The summed E-state index contributed by atoms with van der Waals surface area (Å²) in [5.41, 5.74) is 4.29. The van der Waals surface area contributed by atoms with Gasteiger partial charge in [0.25, 0.3) is 10.1 Å². The lowest BCUT2D eigenvalue weighted by Crippen LogP contribution is -2.12. The van der Waals surface area contributed by atoms with Crippen molar-refractivity contribution in [1.29, 1.82) is 0 Å². The van der Waals surface area contributed by atoms with E-state index in [1.54, 1.807) is 26.4 Å². The normalized spacial score (nSPS) is 15.3. The SMILES string of the molecule is COc1ccc(-c2cccc3c2OC(c2cc(C)ccc2S(=O)(=O)OC)C3)c(OC)c1. The second-order valence-corrected chi connectivity index (χ2v) is 9.01. The molecule has 162 valence electrons. The molecule has 3 aromatic rings. The van der Waals surface area contributed by atoms with E-state index < -0.39 is 16.2 Å². The third-order valence-electron chi connectivity index (χ3n) is 5.46. The topological polar surface area (TPSA) is 71.1 Å². The fourth-order valence-electron chi connectivity index (χ4n) is 3.91. The van der Waals surface area contributed by atoms with Gasteiger partial charge < -0.3 is 14.2 Å². The molecule has 0 saturated heterocycles. The lowest BCUT2D eigenvalue weighted by molar-refractivity contribution is 0.235. The first-order chi connectivity index (χ1) is 14.9. The fourth-order valence-corrected chi connectivity index (χ4v) is 4.81. The minimum absolute atomic E-state index is 0.127. The molecular weight excluding hydrogens is 416 g/mol. The summed E-state index contributed by atoms with van der Waals surface area (Å²) in [5, 5.41) is 0. The molecule has 1 aliphatic rings. The quantitative estimate of drug-likeness (QED) is 0.518.